The van der Waals surface area contributed by atoms with Gasteiger partial charge in [-0.15, -0.1) is 36.2 Å². The monoisotopic (exact) mass is 413 g/mol. The van der Waals surface area contributed by atoms with Gasteiger partial charge >= 0.3 is 0 Å². The molecule has 0 unspecified atom stereocenters. The fraction of sp³-hybridized carbons (Fsp3) is 0.500. The number of aryl methyl sites for hydroxylation is 2. The van der Waals surface area contributed by atoms with E-state index in [0.717, 1.165) is 19.6 Å². The minimum absolute atomic E-state index is 0. The van der Waals surface area contributed by atoms with Gasteiger partial charge in [-0.25, -0.2) is 0 Å². The largest absolute Gasteiger partial charge is 0.344 e. The average Bonchev–Trinajstić information content (AvgIpc) is 3.06. The topological polar surface area (TPSA) is 11.4 Å². The molecule has 1 aromatic carbocycles. The molecule has 1 aliphatic rings. The van der Waals surface area contributed by atoms with E-state index in [4.69, 9.17) is 0 Å². The van der Waals surface area contributed by atoms with E-state index < -0.39 is 0 Å². The summed E-state index contributed by atoms with van der Waals surface area (Å²) in [5.74, 6) is 0. The Morgan fingerprint density at radius 3 is 2.65 bits per heavy atom. The van der Waals surface area contributed by atoms with Gasteiger partial charge in [0, 0.05) is 52.7 Å². The van der Waals surface area contributed by atoms with Crippen molar-refractivity contribution in [2.75, 3.05) is 34.2 Å². The molecular weight excluding hydrogens is 385 g/mol. The number of thiophene rings is 1. The van der Waals surface area contributed by atoms with Gasteiger partial charge in [-0.05, 0) is 69.7 Å². The molecule has 26 heavy (non-hydrogen) atoms. The Morgan fingerprint density at radius 2 is 1.92 bits per heavy atom. The first-order chi connectivity index (χ1) is 11.6. The van der Waals surface area contributed by atoms with Gasteiger partial charge in [-0.3, -0.25) is 0 Å². The standard InChI is InChI=1S/C20H27N3S.2ClH/c1-14-13-24-18-7-6-17-20(19(14)18)15-12-22(4)11-8-16(15)23(17)10-5-9-21(2)3;;/h6-7,13H,5,8-12H2,1-4H3;2*1H. The van der Waals surface area contributed by atoms with E-state index in [0.29, 0.717) is 0 Å². The normalized spacial score (nSPS) is 14.5. The van der Waals surface area contributed by atoms with Gasteiger partial charge in [0.05, 0.1) is 0 Å². The van der Waals surface area contributed by atoms with Crippen molar-refractivity contribution in [3.63, 3.8) is 0 Å². The maximum atomic E-state index is 2.62. The van der Waals surface area contributed by atoms with Gasteiger partial charge in [0.1, 0.15) is 0 Å². The number of aromatic nitrogens is 1. The lowest BCUT2D eigenvalue weighted by Gasteiger charge is -2.24. The molecule has 0 spiro atoms. The molecule has 0 bridgehead atoms. The van der Waals surface area contributed by atoms with Crippen LogP contribution in [0.25, 0.3) is 21.0 Å². The SMILES string of the molecule is Cc1csc2ccc3c(c4c(n3CCCN(C)C)CCN(C)C4)c12.Cl.Cl. The quantitative estimate of drug-likeness (QED) is 0.599. The van der Waals surface area contributed by atoms with Crippen LogP contribution < -0.4 is 0 Å². The first-order valence-electron chi connectivity index (χ1n) is 8.90. The van der Waals surface area contributed by atoms with Crippen LogP contribution in [-0.2, 0) is 19.5 Å². The summed E-state index contributed by atoms with van der Waals surface area (Å²) in [6.07, 6.45) is 2.38. The highest BCUT2D eigenvalue weighted by molar-refractivity contribution is 7.17. The lowest BCUT2D eigenvalue weighted by Crippen LogP contribution is -2.27. The van der Waals surface area contributed by atoms with E-state index in [2.05, 4.69) is 59.9 Å². The third kappa shape index (κ3) is 3.63. The number of halogens is 2. The van der Waals surface area contributed by atoms with Gasteiger partial charge in [0.25, 0.3) is 0 Å². The Balaban J connectivity index is 0.00000121. The number of fused-ring (bicyclic) bond motifs is 5. The fourth-order valence-electron chi connectivity index (χ4n) is 4.16. The molecule has 0 amide bonds. The second kappa shape index (κ2) is 8.49. The van der Waals surface area contributed by atoms with Gasteiger partial charge < -0.3 is 14.4 Å². The molecular formula is C20H29Cl2N3S. The highest BCUT2D eigenvalue weighted by Crippen LogP contribution is 2.39. The molecule has 0 aliphatic carbocycles. The highest BCUT2D eigenvalue weighted by Gasteiger charge is 2.24. The van der Waals surface area contributed by atoms with Crippen LogP contribution in [0.5, 0.6) is 0 Å². The molecule has 1 aliphatic heterocycles. The summed E-state index contributed by atoms with van der Waals surface area (Å²) < 4.78 is 4.05. The molecule has 3 aromatic rings. The molecule has 0 N–H and O–H groups in total. The van der Waals surface area contributed by atoms with Crippen LogP contribution >= 0.6 is 36.2 Å². The highest BCUT2D eigenvalue weighted by atomic mass is 35.5. The Kier molecular flexibility index (Phi) is 7.03. The summed E-state index contributed by atoms with van der Waals surface area (Å²) in [6.45, 7) is 6.79. The van der Waals surface area contributed by atoms with Crippen LogP contribution in [-0.4, -0.2) is 48.6 Å². The van der Waals surface area contributed by atoms with Crippen molar-refractivity contribution in [2.24, 2.45) is 0 Å². The third-order valence-corrected chi connectivity index (χ3v) is 6.38. The maximum Gasteiger partial charge on any atom is 0.0493 e. The second-order valence-corrected chi connectivity index (χ2v) is 8.38. The van der Waals surface area contributed by atoms with E-state index >= 15 is 0 Å². The van der Waals surface area contributed by atoms with Crippen molar-refractivity contribution >= 4 is 57.1 Å². The Labute approximate surface area is 172 Å². The van der Waals surface area contributed by atoms with Crippen LogP contribution in [0, 0.1) is 6.92 Å². The van der Waals surface area contributed by atoms with Gasteiger partial charge in [-0.2, -0.15) is 0 Å². The number of rotatable bonds is 4. The molecule has 4 rings (SSSR count). The van der Waals surface area contributed by atoms with Crippen LogP contribution in [0.15, 0.2) is 17.5 Å². The molecule has 0 saturated heterocycles. The van der Waals surface area contributed by atoms with E-state index in [1.807, 2.05) is 11.3 Å². The summed E-state index contributed by atoms with van der Waals surface area (Å²) >= 11 is 1.88. The van der Waals surface area contributed by atoms with Crippen LogP contribution in [0.2, 0.25) is 0 Å². The molecule has 6 heteroatoms. The van der Waals surface area contributed by atoms with Crippen molar-refractivity contribution in [1.29, 1.82) is 0 Å². The predicted octanol–water partition coefficient (Wildman–Crippen LogP) is 4.95. The number of likely N-dealkylation sites (N-methyl/N-ethyl adjacent to an activating group) is 1. The Hall–Kier alpha value is -0.780. The molecule has 0 atom stereocenters. The molecule has 144 valence electrons. The lowest BCUT2D eigenvalue weighted by molar-refractivity contribution is 0.308. The van der Waals surface area contributed by atoms with Gasteiger partial charge in [0.15, 0.2) is 0 Å². The number of nitrogens with zero attached hydrogens (tertiary/aromatic N) is 3. The van der Waals surface area contributed by atoms with Crippen molar-refractivity contribution < 1.29 is 0 Å². The van der Waals surface area contributed by atoms with Crippen LogP contribution in [0.1, 0.15) is 23.2 Å². The summed E-state index contributed by atoms with van der Waals surface area (Å²) in [7, 11) is 6.58. The zero-order valence-electron chi connectivity index (χ0n) is 16.0. The maximum absolute atomic E-state index is 2.62. The van der Waals surface area contributed by atoms with Crippen molar-refractivity contribution in [2.45, 2.75) is 32.9 Å². The van der Waals surface area contributed by atoms with E-state index in [9.17, 15) is 0 Å². The van der Waals surface area contributed by atoms with Crippen molar-refractivity contribution in [3.05, 3.63) is 34.3 Å². The number of hydrogen-bond acceptors (Lipinski definition) is 3. The minimum atomic E-state index is 0. The van der Waals surface area contributed by atoms with Gasteiger partial charge in [-0.1, -0.05) is 0 Å². The first kappa shape index (κ1) is 21.5. The smallest absolute Gasteiger partial charge is 0.0493 e. The van der Waals surface area contributed by atoms with Crippen LogP contribution in [0.3, 0.4) is 0 Å². The minimum Gasteiger partial charge on any atom is -0.344 e. The summed E-state index contributed by atoms with van der Waals surface area (Å²) in [6, 6.07) is 4.69. The first-order valence-corrected chi connectivity index (χ1v) is 9.78. The lowest BCUT2D eigenvalue weighted by atomic mass is 10.0. The van der Waals surface area contributed by atoms with Gasteiger partial charge in [0.2, 0.25) is 0 Å². The Morgan fingerprint density at radius 1 is 1.15 bits per heavy atom. The molecule has 0 radical (unpaired) electrons. The predicted molar refractivity (Wildman–Crippen MR) is 120 cm³/mol. The van der Waals surface area contributed by atoms with Crippen molar-refractivity contribution in [1.82, 2.24) is 14.4 Å². The number of benzene rings is 1. The summed E-state index contributed by atoms with van der Waals surface area (Å²) in [4.78, 5) is 4.75. The van der Waals surface area contributed by atoms with Crippen LogP contribution in [0.4, 0.5) is 0 Å². The summed E-state index contributed by atoms with van der Waals surface area (Å²) in [5.41, 5.74) is 6.04. The van der Waals surface area contributed by atoms with E-state index in [1.54, 1.807) is 11.3 Å². The molecule has 2 aromatic heterocycles. The zero-order valence-corrected chi connectivity index (χ0v) is 18.5. The molecule has 3 heterocycles. The number of hydrogen-bond donors (Lipinski definition) is 0. The van der Waals surface area contributed by atoms with E-state index in [-0.39, 0.29) is 24.8 Å². The zero-order chi connectivity index (χ0) is 16.8. The fourth-order valence-corrected chi connectivity index (χ4v) is 5.11. The van der Waals surface area contributed by atoms with E-state index in [1.165, 1.54) is 45.9 Å². The molecule has 0 saturated carbocycles. The Bertz CT molecular complexity index is 898. The molecule has 3 nitrogen and oxygen atoms in total. The summed E-state index contributed by atoms with van der Waals surface area (Å²) in [5, 5.41) is 5.33. The third-order valence-electron chi connectivity index (χ3n) is 5.31. The molecule has 0 fully saturated rings. The average molecular weight is 414 g/mol. The van der Waals surface area contributed by atoms with Crippen molar-refractivity contribution in [3.8, 4) is 0 Å². The second-order valence-electron chi connectivity index (χ2n) is 7.47.